The minimum atomic E-state index is -1.42. The number of aliphatic hydroxyl groups is 2. The van der Waals surface area contributed by atoms with Gasteiger partial charge in [-0.15, -0.1) is 0 Å². The molecule has 0 aliphatic heterocycles. The van der Waals surface area contributed by atoms with E-state index in [2.05, 4.69) is 16.0 Å². The van der Waals surface area contributed by atoms with Crippen LogP contribution in [0.15, 0.2) is 30.3 Å². The molecule has 0 aliphatic carbocycles. The van der Waals surface area contributed by atoms with Gasteiger partial charge in [0.05, 0.1) is 13.2 Å². The molecule has 1 aromatic carbocycles. The maximum Gasteiger partial charge on any atom is 0.326 e. The van der Waals surface area contributed by atoms with Gasteiger partial charge in [-0.1, -0.05) is 30.3 Å². The van der Waals surface area contributed by atoms with Crippen molar-refractivity contribution in [2.24, 2.45) is 11.5 Å². The fourth-order valence-corrected chi connectivity index (χ4v) is 2.91. The van der Waals surface area contributed by atoms with Gasteiger partial charge in [-0.25, -0.2) is 4.79 Å². The van der Waals surface area contributed by atoms with E-state index in [0.717, 1.165) is 0 Å². The Morgan fingerprint density at radius 2 is 1.39 bits per heavy atom. The Hall–Kier alpha value is -3.06. The molecule has 0 saturated heterocycles. The van der Waals surface area contributed by atoms with Crippen LogP contribution >= 0.6 is 0 Å². The molecule has 0 radical (unpaired) electrons. The number of unbranched alkanes of at least 4 members (excludes halogenated alkanes) is 1. The fourth-order valence-electron chi connectivity index (χ4n) is 2.91. The van der Waals surface area contributed by atoms with Crippen LogP contribution in [0.2, 0.25) is 0 Å². The topological polar surface area (TPSA) is 217 Å². The number of rotatable bonds is 15. The molecule has 0 bridgehead atoms. The number of carboxylic acids is 1. The number of aliphatic hydroxyl groups excluding tert-OH is 2. The molecule has 0 saturated carbocycles. The first-order chi connectivity index (χ1) is 15.7. The van der Waals surface area contributed by atoms with Gasteiger partial charge < -0.3 is 42.7 Å². The second-order valence-corrected chi connectivity index (χ2v) is 7.47. The Kier molecular flexibility index (Phi) is 12.6. The van der Waals surface area contributed by atoms with Crippen LogP contribution in [0.25, 0.3) is 0 Å². The number of nitrogens with one attached hydrogen (secondary N) is 3. The highest BCUT2D eigenvalue weighted by Gasteiger charge is 2.29. The third-order valence-corrected chi connectivity index (χ3v) is 4.83. The zero-order chi connectivity index (χ0) is 24.8. The molecular weight excluding hydrogens is 434 g/mol. The molecule has 0 aromatic heterocycles. The SMILES string of the molecule is NCCCCC(NC(=O)C(CO)NC(=O)C(N)CO)C(=O)NC(Cc1ccccc1)C(=O)O. The minimum absolute atomic E-state index is 0.0414. The Bertz CT molecular complexity index is 778. The molecule has 4 atom stereocenters. The van der Waals surface area contributed by atoms with Gasteiger partial charge in [0.25, 0.3) is 0 Å². The minimum Gasteiger partial charge on any atom is -0.480 e. The van der Waals surface area contributed by atoms with Gasteiger partial charge in [0.1, 0.15) is 24.2 Å². The lowest BCUT2D eigenvalue weighted by Crippen LogP contribution is -2.58. The molecule has 1 aromatic rings. The van der Waals surface area contributed by atoms with Crippen LogP contribution in [-0.4, -0.2) is 82.9 Å². The highest BCUT2D eigenvalue weighted by atomic mass is 16.4. The summed E-state index contributed by atoms with van der Waals surface area (Å²) >= 11 is 0. The monoisotopic (exact) mass is 467 g/mol. The van der Waals surface area contributed by atoms with E-state index in [4.69, 9.17) is 16.6 Å². The highest BCUT2D eigenvalue weighted by Crippen LogP contribution is 2.06. The van der Waals surface area contributed by atoms with E-state index in [1.165, 1.54) is 0 Å². The molecule has 0 aliphatic rings. The first kappa shape index (κ1) is 28.0. The van der Waals surface area contributed by atoms with E-state index in [-0.39, 0.29) is 12.8 Å². The average Bonchev–Trinajstić information content (AvgIpc) is 2.81. The van der Waals surface area contributed by atoms with Crippen LogP contribution in [0.3, 0.4) is 0 Å². The Balaban J connectivity index is 2.90. The number of hydrogen-bond donors (Lipinski definition) is 8. The lowest BCUT2D eigenvalue weighted by Gasteiger charge is -2.24. The fraction of sp³-hybridized carbons (Fsp3) is 0.524. The summed E-state index contributed by atoms with van der Waals surface area (Å²) in [4.78, 5) is 48.9. The number of amides is 3. The maximum atomic E-state index is 12.8. The van der Waals surface area contributed by atoms with Gasteiger partial charge in [0.2, 0.25) is 17.7 Å². The van der Waals surface area contributed by atoms with Crippen molar-refractivity contribution in [1.29, 1.82) is 0 Å². The van der Waals surface area contributed by atoms with Crippen molar-refractivity contribution < 1.29 is 34.5 Å². The van der Waals surface area contributed by atoms with Gasteiger partial charge in [-0.05, 0) is 31.4 Å². The number of carbonyl (C=O) groups excluding carboxylic acids is 3. The molecule has 1 rings (SSSR count). The van der Waals surface area contributed by atoms with Crippen molar-refractivity contribution >= 4 is 23.7 Å². The average molecular weight is 468 g/mol. The first-order valence-corrected chi connectivity index (χ1v) is 10.6. The van der Waals surface area contributed by atoms with Gasteiger partial charge in [-0.2, -0.15) is 0 Å². The molecule has 33 heavy (non-hydrogen) atoms. The zero-order valence-corrected chi connectivity index (χ0v) is 18.3. The summed E-state index contributed by atoms with van der Waals surface area (Å²) in [7, 11) is 0. The van der Waals surface area contributed by atoms with Gasteiger partial charge in [0, 0.05) is 6.42 Å². The number of nitrogens with two attached hydrogens (primary N) is 2. The number of benzene rings is 1. The van der Waals surface area contributed by atoms with E-state index in [9.17, 15) is 29.4 Å². The Morgan fingerprint density at radius 1 is 0.818 bits per heavy atom. The number of carbonyl (C=O) groups is 4. The maximum absolute atomic E-state index is 12.8. The quantitative estimate of drug-likeness (QED) is 0.125. The lowest BCUT2D eigenvalue weighted by atomic mass is 10.0. The van der Waals surface area contributed by atoms with Gasteiger partial charge in [0.15, 0.2) is 0 Å². The predicted octanol–water partition coefficient (Wildman–Crippen LogP) is -2.79. The van der Waals surface area contributed by atoms with Crippen molar-refractivity contribution in [1.82, 2.24) is 16.0 Å². The van der Waals surface area contributed by atoms with E-state index in [0.29, 0.717) is 24.9 Å². The summed E-state index contributed by atoms with van der Waals surface area (Å²) < 4.78 is 0. The zero-order valence-electron chi connectivity index (χ0n) is 18.3. The molecule has 12 nitrogen and oxygen atoms in total. The largest absolute Gasteiger partial charge is 0.480 e. The second-order valence-electron chi connectivity index (χ2n) is 7.47. The molecule has 0 spiro atoms. The predicted molar refractivity (Wildman–Crippen MR) is 119 cm³/mol. The van der Waals surface area contributed by atoms with E-state index in [1.807, 2.05) is 0 Å². The summed E-state index contributed by atoms with van der Waals surface area (Å²) in [5.74, 6) is -3.68. The molecule has 3 amide bonds. The van der Waals surface area contributed by atoms with E-state index < -0.39 is 61.1 Å². The normalized spacial score (nSPS) is 14.4. The van der Waals surface area contributed by atoms with Gasteiger partial charge in [-0.3, -0.25) is 14.4 Å². The van der Waals surface area contributed by atoms with Gasteiger partial charge >= 0.3 is 5.97 Å². The van der Waals surface area contributed by atoms with Crippen molar-refractivity contribution in [2.45, 2.75) is 49.9 Å². The van der Waals surface area contributed by atoms with Crippen LogP contribution in [0, 0.1) is 0 Å². The summed E-state index contributed by atoms with van der Waals surface area (Å²) in [6, 6.07) is 3.68. The molecule has 12 heteroatoms. The van der Waals surface area contributed by atoms with Crippen LogP contribution in [0.4, 0.5) is 0 Å². The number of aliphatic carboxylic acids is 1. The molecule has 0 heterocycles. The first-order valence-electron chi connectivity index (χ1n) is 10.6. The van der Waals surface area contributed by atoms with E-state index >= 15 is 0 Å². The summed E-state index contributed by atoms with van der Waals surface area (Å²) in [5, 5.41) is 35.0. The van der Waals surface area contributed by atoms with Crippen LogP contribution in [0.5, 0.6) is 0 Å². The Morgan fingerprint density at radius 3 is 1.94 bits per heavy atom. The highest BCUT2D eigenvalue weighted by molar-refractivity contribution is 5.94. The summed E-state index contributed by atoms with van der Waals surface area (Å²) in [6.45, 7) is -1.07. The summed E-state index contributed by atoms with van der Waals surface area (Å²) in [5.41, 5.74) is 11.6. The number of carboxylic acid groups (broad SMARTS) is 1. The lowest BCUT2D eigenvalue weighted by molar-refractivity contribution is -0.142. The molecule has 4 unspecified atom stereocenters. The molecular formula is C21H33N5O7. The van der Waals surface area contributed by atoms with Crippen molar-refractivity contribution in [3.05, 3.63) is 35.9 Å². The van der Waals surface area contributed by atoms with Crippen molar-refractivity contribution in [3.8, 4) is 0 Å². The summed E-state index contributed by atoms with van der Waals surface area (Å²) in [6.07, 6.45) is 1.24. The molecule has 184 valence electrons. The standard InChI is InChI=1S/C21H33N5O7/c22-9-5-4-8-15(24-20(31)17(12-28)26-18(29)14(23)11-27)19(30)25-16(21(32)33)10-13-6-2-1-3-7-13/h1-3,6-7,14-17,27-28H,4-5,8-12,22-23H2,(H,24,31)(H,25,30)(H,26,29)(H,32,33). The smallest absolute Gasteiger partial charge is 0.326 e. The third kappa shape index (κ3) is 9.95. The molecule has 10 N–H and O–H groups in total. The van der Waals surface area contributed by atoms with Crippen LogP contribution < -0.4 is 27.4 Å². The van der Waals surface area contributed by atoms with Crippen LogP contribution in [0.1, 0.15) is 24.8 Å². The van der Waals surface area contributed by atoms with Crippen molar-refractivity contribution in [3.63, 3.8) is 0 Å². The Labute approximate surface area is 191 Å². The van der Waals surface area contributed by atoms with Crippen LogP contribution in [-0.2, 0) is 25.6 Å². The van der Waals surface area contributed by atoms with E-state index in [1.54, 1.807) is 30.3 Å². The van der Waals surface area contributed by atoms with Crippen molar-refractivity contribution in [2.75, 3.05) is 19.8 Å². The molecule has 0 fully saturated rings. The number of hydrogen-bond acceptors (Lipinski definition) is 8. The third-order valence-electron chi connectivity index (χ3n) is 4.83. The second kappa shape index (κ2) is 14.9.